The van der Waals surface area contributed by atoms with E-state index in [9.17, 15) is 4.79 Å². The lowest BCUT2D eigenvalue weighted by Gasteiger charge is -2.36. The second-order valence-corrected chi connectivity index (χ2v) is 8.37. The molecule has 5 heteroatoms. The topological polar surface area (TPSA) is 41.4 Å². The van der Waals surface area contributed by atoms with Gasteiger partial charge in [0.2, 0.25) is 0 Å². The first-order valence-electron chi connectivity index (χ1n) is 10.8. The molecule has 4 rings (SSSR count). The molecule has 2 aliphatic rings. The van der Waals surface area contributed by atoms with Crippen LogP contribution in [-0.4, -0.2) is 57.7 Å². The molecular formula is C23H32N4O. The molecule has 2 fully saturated rings. The number of aryl methyl sites for hydroxylation is 2. The van der Waals surface area contributed by atoms with Gasteiger partial charge < -0.3 is 9.80 Å². The van der Waals surface area contributed by atoms with Crippen molar-refractivity contribution in [3.63, 3.8) is 0 Å². The SMILES string of the molecule is Cc1cc(C)n(-c2cccc(C(=O)N3CCCC[C@H]3CCN3CCCC3)c2)n1. The minimum Gasteiger partial charge on any atom is -0.336 e. The van der Waals surface area contributed by atoms with E-state index in [2.05, 4.69) is 21.0 Å². The Kier molecular flexibility index (Phi) is 5.81. The van der Waals surface area contributed by atoms with E-state index in [1.54, 1.807) is 0 Å². The Bertz CT molecular complexity index is 822. The molecule has 5 nitrogen and oxygen atoms in total. The van der Waals surface area contributed by atoms with Crippen LogP contribution in [0.2, 0.25) is 0 Å². The summed E-state index contributed by atoms with van der Waals surface area (Å²) in [6.07, 6.45) is 7.24. The first kappa shape index (κ1) is 19.2. The molecule has 3 heterocycles. The Labute approximate surface area is 168 Å². The third-order valence-corrected chi connectivity index (χ3v) is 6.21. The van der Waals surface area contributed by atoms with Crippen molar-refractivity contribution in [2.24, 2.45) is 0 Å². The van der Waals surface area contributed by atoms with Gasteiger partial charge in [0.05, 0.1) is 11.4 Å². The molecule has 1 aromatic heterocycles. The van der Waals surface area contributed by atoms with Crippen LogP contribution in [0.5, 0.6) is 0 Å². The highest BCUT2D eigenvalue weighted by molar-refractivity contribution is 5.95. The summed E-state index contributed by atoms with van der Waals surface area (Å²) in [6, 6.07) is 10.4. The number of amides is 1. The van der Waals surface area contributed by atoms with E-state index in [1.807, 2.05) is 42.8 Å². The Morgan fingerprint density at radius 1 is 1.07 bits per heavy atom. The molecular weight excluding hydrogens is 348 g/mol. The number of rotatable bonds is 5. The second kappa shape index (κ2) is 8.48. The molecule has 150 valence electrons. The number of carbonyl (C=O) groups is 1. The Morgan fingerprint density at radius 2 is 1.86 bits per heavy atom. The fourth-order valence-electron chi connectivity index (χ4n) is 4.73. The lowest BCUT2D eigenvalue weighted by molar-refractivity contribution is 0.0588. The maximum Gasteiger partial charge on any atom is 0.254 e. The molecule has 1 atom stereocenters. The summed E-state index contributed by atoms with van der Waals surface area (Å²) < 4.78 is 1.92. The molecule has 0 spiro atoms. The van der Waals surface area contributed by atoms with Crippen LogP contribution >= 0.6 is 0 Å². The van der Waals surface area contributed by atoms with Crippen LogP contribution in [0.25, 0.3) is 5.69 Å². The second-order valence-electron chi connectivity index (χ2n) is 8.37. The monoisotopic (exact) mass is 380 g/mol. The zero-order chi connectivity index (χ0) is 19.5. The maximum absolute atomic E-state index is 13.4. The third-order valence-electron chi connectivity index (χ3n) is 6.21. The quantitative estimate of drug-likeness (QED) is 0.788. The van der Waals surface area contributed by atoms with Gasteiger partial charge in [0.15, 0.2) is 0 Å². The van der Waals surface area contributed by atoms with Gasteiger partial charge >= 0.3 is 0 Å². The number of nitrogens with zero attached hydrogens (tertiary/aromatic N) is 4. The van der Waals surface area contributed by atoms with Gasteiger partial charge in [-0.05, 0) is 89.7 Å². The van der Waals surface area contributed by atoms with Crippen molar-refractivity contribution in [1.82, 2.24) is 19.6 Å². The largest absolute Gasteiger partial charge is 0.336 e. The lowest BCUT2D eigenvalue weighted by Crippen LogP contribution is -2.45. The molecule has 0 aliphatic carbocycles. The van der Waals surface area contributed by atoms with Crippen molar-refractivity contribution in [2.75, 3.05) is 26.2 Å². The van der Waals surface area contributed by atoms with Crippen molar-refractivity contribution in [2.45, 2.75) is 58.4 Å². The highest BCUT2D eigenvalue weighted by atomic mass is 16.2. The van der Waals surface area contributed by atoms with Crippen LogP contribution in [0.3, 0.4) is 0 Å². The normalized spacial score (nSPS) is 20.6. The molecule has 0 radical (unpaired) electrons. The summed E-state index contributed by atoms with van der Waals surface area (Å²) in [5.74, 6) is 0.175. The Morgan fingerprint density at radius 3 is 2.61 bits per heavy atom. The molecule has 0 saturated carbocycles. The highest BCUT2D eigenvalue weighted by Gasteiger charge is 2.28. The minimum absolute atomic E-state index is 0.175. The van der Waals surface area contributed by atoms with Crippen molar-refractivity contribution >= 4 is 5.91 Å². The van der Waals surface area contributed by atoms with Crippen LogP contribution in [0.4, 0.5) is 0 Å². The van der Waals surface area contributed by atoms with Crippen molar-refractivity contribution in [1.29, 1.82) is 0 Å². The predicted octanol–water partition coefficient (Wildman–Crippen LogP) is 3.97. The number of piperidine rings is 1. The van der Waals surface area contributed by atoms with Gasteiger partial charge in [-0.25, -0.2) is 4.68 Å². The molecule has 1 amide bonds. The van der Waals surface area contributed by atoms with Crippen LogP contribution < -0.4 is 0 Å². The third kappa shape index (κ3) is 4.14. The van der Waals surface area contributed by atoms with Crippen LogP contribution in [0, 0.1) is 13.8 Å². The highest BCUT2D eigenvalue weighted by Crippen LogP contribution is 2.24. The summed E-state index contributed by atoms with van der Waals surface area (Å²) >= 11 is 0. The fourth-order valence-corrected chi connectivity index (χ4v) is 4.73. The molecule has 0 N–H and O–H groups in total. The van der Waals surface area contributed by atoms with Gasteiger partial charge in [-0.15, -0.1) is 0 Å². The van der Waals surface area contributed by atoms with Crippen molar-refractivity contribution in [3.8, 4) is 5.69 Å². The number of aromatic nitrogens is 2. The first-order valence-corrected chi connectivity index (χ1v) is 10.8. The number of hydrogen-bond donors (Lipinski definition) is 0. The van der Waals surface area contributed by atoms with Crippen LogP contribution in [0.15, 0.2) is 30.3 Å². The van der Waals surface area contributed by atoms with E-state index < -0.39 is 0 Å². The summed E-state index contributed by atoms with van der Waals surface area (Å²) in [5, 5.41) is 4.57. The summed E-state index contributed by atoms with van der Waals surface area (Å²) in [6.45, 7) is 8.51. The van der Waals surface area contributed by atoms with E-state index in [4.69, 9.17) is 0 Å². The number of likely N-dealkylation sites (tertiary alicyclic amines) is 2. The fraction of sp³-hybridized carbons (Fsp3) is 0.565. The molecule has 1 aromatic carbocycles. The molecule has 0 bridgehead atoms. The minimum atomic E-state index is 0.175. The van der Waals surface area contributed by atoms with E-state index >= 15 is 0 Å². The lowest BCUT2D eigenvalue weighted by atomic mass is 9.98. The van der Waals surface area contributed by atoms with Crippen molar-refractivity contribution < 1.29 is 4.79 Å². The first-order chi connectivity index (χ1) is 13.6. The standard InChI is InChI=1S/C23H32N4O/c1-18-16-19(2)27(24-18)22-10-7-8-20(17-22)23(28)26-14-4-3-9-21(26)11-15-25-12-5-6-13-25/h7-8,10,16-17,21H,3-6,9,11-15H2,1-2H3/t21-/m0/s1. The average Bonchev–Trinajstić information content (AvgIpc) is 3.35. The van der Waals surface area contributed by atoms with Crippen molar-refractivity contribution in [3.05, 3.63) is 47.3 Å². The van der Waals surface area contributed by atoms with Gasteiger partial charge in [0.1, 0.15) is 0 Å². The Balaban J connectivity index is 1.50. The van der Waals surface area contributed by atoms with E-state index in [0.29, 0.717) is 6.04 Å². The predicted molar refractivity (Wildman–Crippen MR) is 112 cm³/mol. The van der Waals surface area contributed by atoms with Crippen LogP contribution in [0.1, 0.15) is 60.3 Å². The Hall–Kier alpha value is -2.14. The zero-order valence-corrected chi connectivity index (χ0v) is 17.2. The van der Waals surface area contributed by atoms with Gasteiger partial charge in [0.25, 0.3) is 5.91 Å². The summed E-state index contributed by atoms with van der Waals surface area (Å²) in [4.78, 5) is 18.1. The zero-order valence-electron chi connectivity index (χ0n) is 17.2. The number of hydrogen-bond acceptors (Lipinski definition) is 3. The summed E-state index contributed by atoms with van der Waals surface area (Å²) in [7, 11) is 0. The van der Waals surface area contributed by atoms with Gasteiger partial charge in [-0.1, -0.05) is 6.07 Å². The van der Waals surface area contributed by atoms with Gasteiger partial charge in [-0.2, -0.15) is 5.10 Å². The molecule has 2 aliphatic heterocycles. The number of carbonyl (C=O) groups excluding carboxylic acids is 1. The molecule has 2 saturated heterocycles. The van der Waals surface area contributed by atoms with E-state index in [1.165, 1.54) is 32.4 Å². The van der Waals surface area contributed by atoms with E-state index in [-0.39, 0.29) is 5.91 Å². The van der Waals surface area contributed by atoms with Crippen LogP contribution in [-0.2, 0) is 0 Å². The average molecular weight is 381 g/mol. The number of benzene rings is 1. The molecule has 2 aromatic rings. The molecule has 28 heavy (non-hydrogen) atoms. The smallest absolute Gasteiger partial charge is 0.254 e. The van der Waals surface area contributed by atoms with Gasteiger partial charge in [0, 0.05) is 30.4 Å². The van der Waals surface area contributed by atoms with E-state index in [0.717, 1.165) is 55.0 Å². The summed E-state index contributed by atoms with van der Waals surface area (Å²) in [5.41, 5.74) is 3.82. The maximum atomic E-state index is 13.4. The molecule has 0 unspecified atom stereocenters. The van der Waals surface area contributed by atoms with Gasteiger partial charge in [-0.3, -0.25) is 4.79 Å².